The van der Waals surface area contributed by atoms with Gasteiger partial charge in [0, 0.05) is 6.42 Å². The van der Waals surface area contributed by atoms with Crippen LogP contribution in [0.5, 0.6) is 5.75 Å². The molecule has 5 atom stereocenters. The van der Waals surface area contributed by atoms with Crippen molar-refractivity contribution in [3.8, 4) is 5.75 Å². The Labute approximate surface area is 219 Å². The van der Waals surface area contributed by atoms with Crippen molar-refractivity contribution in [2.45, 2.75) is 63.7 Å². The number of aromatic hydroxyl groups is 1. The SMILES string of the molecule is CCC(C)C(N)C(=O)NC(CC(=O)O)C(=O)NC(CCSC)C(=O)NC(Cc1ccc(O)cc1)C(=O)O. The molecule has 13 heteroatoms. The molecule has 0 aliphatic carbocycles. The molecule has 12 nitrogen and oxygen atoms in total. The number of hydrogen-bond donors (Lipinski definition) is 7. The minimum atomic E-state index is -1.49. The predicted octanol–water partition coefficient (Wildman–Crippen LogP) is 0.0749. The summed E-state index contributed by atoms with van der Waals surface area (Å²) in [5.74, 6) is -4.79. The number of carbonyl (C=O) groups is 5. The molecule has 1 aromatic rings. The van der Waals surface area contributed by atoms with Crippen molar-refractivity contribution < 1.29 is 39.3 Å². The molecule has 0 spiro atoms. The first-order valence-corrected chi connectivity index (χ1v) is 13.2. The molecule has 0 aromatic heterocycles. The van der Waals surface area contributed by atoms with E-state index in [1.807, 2.05) is 6.92 Å². The highest BCUT2D eigenvalue weighted by atomic mass is 32.2. The van der Waals surface area contributed by atoms with E-state index < -0.39 is 60.2 Å². The third kappa shape index (κ3) is 11.1. The van der Waals surface area contributed by atoms with Gasteiger partial charge in [0.25, 0.3) is 0 Å². The summed E-state index contributed by atoms with van der Waals surface area (Å²) < 4.78 is 0. The van der Waals surface area contributed by atoms with Gasteiger partial charge in [-0.15, -0.1) is 0 Å². The Morgan fingerprint density at radius 1 is 0.919 bits per heavy atom. The summed E-state index contributed by atoms with van der Waals surface area (Å²) >= 11 is 1.39. The molecule has 0 saturated heterocycles. The number of carbonyl (C=O) groups excluding carboxylic acids is 3. The molecule has 0 bridgehead atoms. The van der Waals surface area contributed by atoms with Crippen LogP contribution < -0.4 is 21.7 Å². The number of rotatable bonds is 16. The lowest BCUT2D eigenvalue weighted by Gasteiger charge is -2.25. The Balaban J connectivity index is 3.02. The maximum Gasteiger partial charge on any atom is 0.326 e. The highest BCUT2D eigenvalue weighted by Crippen LogP contribution is 2.12. The molecule has 3 amide bonds. The molecular weight excluding hydrogens is 504 g/mol. The fraction of sp³-hybridized carbons (Fsp3) is 0.542. The van der Waals surface area contributed by atoms with Crippen LogP contribution in [-0.2, 0) is 30.4 Å². The van der Waals surface area contributed by atoms with Crippen molar-refractivity contribution in [2.75, 3.05) is 12.0 Å². The number of aliphatic carboxylic acids is 2. The summed E-state index contributed by atoms with van der Waals surface area (Å²) in [6.07, 6.45) is 1.70. The van der Waals surface area contributed by atoms with E-state index in [0.717, 1.165) is 0 Å². The van der Waals surface area contributed by atoms with Gasteiger partial charge < -0.3 is 37.0 Å². The molecule has 1 rings (SSSR count). The third-order valence-electron chi connectivity index (χ3n) is 5.81. The highest BCUT2D eigenvalue weighted by molar-refractivity contribution is 7.98. The molecule has 8 N–H and O–H groups in total. The average molecular weight is 541 g/mol. The van der Waals surface area contributed by atoms with E-state index in [4.69, 9.17) is 5.73 Å². The molecule has 0 radical (unpaired) electrons. The third-order valence-corrected chi connectivity index (χ3v) is 6.45. The zero-order valence-electron chi connectivity index (χ0n) is 21.1. The van der Waals surface area contributed by atoms with Gasteiger partial charge in [-0.25, -0.2) is 4.79 Å². The van der Waals surface area contributed by atoms with Crippen LogP contribution in [0, 0.1) is 5.92 Å². The standard InChI is InChI=1S/C24H36N4O8S/c1-4-13(2)20(25)23(34)27-17(12-19(30)31)22(33)26-16(9-10-37-3)21(32)28-18(24(35)36)11-14-5-7-15(29)8-6-14/h5-8,13,16-18,20,29H,4,9-12,25H2,1-3H3,(H,26,33)(H,27,34)(H,28,32)(H,30,31)(H,35,36). The summed E-state index contributed by atoms with van der Waals surface area (Å²) in [5.41, 5.74) is 6.45. The van der Waals surface area contributed by atoms with Crippen LogP contribution in [0.4, 0.5) is 0 Å². The molecule has 37 heavy (non-hydrogen) atoms. The van der Waals surface area contributed by atoms with Crippen LogP contribution in [0.15, 0.2) is 24.3 Å². The lowest BCUT2D eigenvalue weighted by Crippen LogP contribution is -2.58. The minimum Gasteiger partial charge on any atom is -0.508 e. The molecule has 0 saturated carbocycles. The first-order chi connectivity index (χ1) is 17.4. The number of phenols is 1. The van der Waals surface area contributed by atoms with E-state index in [1.165, 1.54) is 36.0 Å². The first-order valence-electron chi connectivity index (χ1n) is 11.8. The van der Waals surface area contributed by atoms with Crippen molar-refractivity contribution in [2.24, 2.45) is 11.7 Å². The monoisotopic (exact) mass is 540 g/mol. The van der Waals surface area contributed by atoms with Crippen molar-refractivity contribution in [1.29, 1.82) is 0 Å². The molecule has 1 aromatic carbocycles. The Morgan fingerprint density at radius 2 is 1.46 bits per heavy atom. The Bertz CT molecular complexity index is 943. The van der Waals surface area contributed by atoms with Crippen LogP contribution in [0.1, 0.15) is 38.7 Å². The number of thioether (sulfide) groups is 1. The highest BCUT2D eigenvalue weighted by Gasteiger charge is 2.32. The van der Waals surface area contributed by atoms with Gasteiger partial charge in [-0.3, -0.25) is 19.2 Å². The smallest absolute Gasteiger partial charge is 0.326 e. The normalized spacial score (nSPS) is 14.9. The predicted molar refractivity (Wildman–Crippen MR) is 138 cm³/mol. The van der Waals surface area contributed by atoms with Gasteiger partial charge in [0.05, 0.1) is 12.5 Å². The number of carboxylic acid groups (broad SMARTS) is 2. The summed E-state index contributed by atoms with van der Waals surface area (Å²) in [5, 5.41) is 35.5. The Morgan fingerprint density at radius 3 is 1.97 bits per heavy atom. The van der Waals surface area contributed by atoms with Gasteiger partial charge in [0.2, 0.25) is 17.7 Å². The van der Waals surface area contributed by atoms with E-state index in [2.05, 4.69) is 16.0 Å². The second-order valence-electron chi connectivity index (χ2n) is 8.68. The number of phenolic OH excluding ortho intramolecular Hbond substituents is 1. The minimum absolute atomic E-state index is 0.00705. The molecular formula is C24H36N4O8S. The van der Waals surface area contributed by atoms with Crippen LogP contribution in [-0.4, -0.2) is 81.2 Å². The fourth-order valence-electron chi connectivity index (χ4n) is 3.28. The topological polar surface area (TPSA) is 208 Å². The van der Waals surface area contributed by atoms with E-state index in [-0.39, 0.29) is 24.5 Å². The van der Waals surface area contributed by atoms with E-state index in [1.54, 1.807) is 13.2 Å². The number of amides is 3. The molecule has 0 heterocycles. The quantitative estimate of drug-likeness (QED) is 0.150. The summed E-state index contributed by atoms with van der Waals surface area (Å²) in [4.78, 5) is 61.5. The number of carboxylic acids is 2. The number of nitrogens with two attached hydrogens (primary N) is 1. The van der Waals surface area contributed by atoms with E-state index in [9.17, 15) is 39.3 Å². The Kier molecular flexibility index (Phi) is 13.5. The van der Waals surface area contributed by atoms with Crippen molar-refractivity contribution >= 4 is 41.4 Å². The van der Waals surface area contributed by atoms with Crippen molar-refractivity contribution in [3.05, 3.63) is 29.8 Å². The van der Waals surface area contributed by atoms with Gasteiger partial charge in [0.15, 0.2) is 0 Å². The zero-order valence-corrected chi connectivity index (χ0v) is 21.9. The van der Waals surface area contributed by atoms with Crippen LogP contribution in [0.2, 0.25) is 0 Å². The van der Waals surface area contributed by atoms with Crippen LogP contribution in [0.25, 0.3) is 0 Å². The largest absolute Gasteiger partial charge is 0.508 e. The molecule has 0 aliphatic heterocycles. The first kappa shape index (κ1) is 31.7. The number of nitrogens with one attached hydrogen (secondary N) is 3. The zero-order chi connectivity index (χ0) is 28.1. The van der Waals surface area contributed by atoms with Gasteiger partial charge in [-0.05, 0) is 42.0 Å². The van der Waals surface area contributed by atoms with Gasteiger partial charge in [-0.2, -0.15) is 11.8 Å². The summed E-state index contributed by atoms with van der Waals surface area (Å²) in [6.45, 7) is 3.58. The maximum atomic E-state index is 13.0. The molecule has 5 unspecified atom stereocenters. The average Bonchev–Trinajstić information content (AvgIpc) is 2.85. The summed E-state index contributed by atoms with van der Waals surface area (Å²) in [6, 6.07) is 0.870. The van der Waals surface area contributed by atoms with Crippen molar-refractivity contribution in [1.82, 2.24) is 16.0 Å². The molecule has 0 fully saturated rings. The number of hydrogen-bond acceptors (Lipinski definition) is 8. The van der Waals surface area contributed by atoms with Crippen molar-refractivity contribution in [3.63, 3.8) is 0 Å². The fourth-order valence-corrected chi connectivity index (χ4v) is 3.75. The second-order valence-corrected chi connectivity index (χ2v) is 9.67. The second kappa shape index (κ2) is 15.7. The maximum absolute atomic E-state index is 13.0. The van der Waals surface area contributed by atoms with E-state index >= 15 is 0 Å². The lowest BCUT2D eigenvalue weighted by atomic mass is 9.99. The molecule has 0 aliphatic rings. The summed E-state index contributed by atoms with van der Waals surface area (Å²) in [7, 11) is 0. The molecule has 206 valence electrons. The lowest BCUT2D eigenvalue weighted by molar-refractivity contribution is -0.143. The van der Waals surface area contributed by atoms with Crippen LogP contribution in [0.3, 0.4) is 0 Å². The van der Waals surface area contributed by atoms with E-state index in [0.29, 0.717) is 17.7 Å². The van der Waals surface area contributed by atoms with Gasteiger partial charge >= 0.3 is 11.9 Å². The van der Waals surface area contributed by atoms with Gasteiger partial charge in [-0.1, -0.05) is 32.4 Å². The van der Waals surface area contributed by atoms with Crippen LogP contribution >= 0.6 is 11.8 Å². The number of benzene rings is 1. The Hall–Kier alpha value is -3.32. The van der Waals surface area contributed by atoms with Gasteiger partial charge in [0.1, 0.15) is 23.9 Å².